The lowest BCUT2D eigenvalue weighted by Gasteiger charge is -2.16. The number of ether oxygens (including phenoxy) is 2. The molecule has 0 aromatic heterocycles. The van der Waals surface area contributed by atoms with E-state index in [1.807, 2.05) is 39.0 Å². The van der Waals surface area contributed by atoms with Crippen LogP contribution in [-0.2, 0) is 9.59 Å². The van der Waals surface area contributed by atoms with Crippen molar-refractivity contribution in [2.24, 2.45) is 0 Å². The summed E-state index contributed by atoms with van der Waals surface area (Å²) in [7, 11) is 3.09. The number of carbonyl (C=O) groups is 2. The zero-order valence-corrected chi connectivity index (χ0v) is 18.7. The van der Waals surface area contributed by atoms with Crippen molar-refractivity contribution in [1.82, 2.24) is 4.90 Å². The monoisotopic (exact) mass is 430 g/mol. The van der Waals surface area contributed by atoms with Gasteiger partial charge in [0.2, 0.25) is 11.8 Å². The number of anilines is 1. The molecule has 2 aromatic rings. The number of amides is 2. The zero-order chi connectivity index (χ0) is 22.3. The van der Waals surface area contributed by atoms with Crippen molar-refractivity contribution in [2.75, 3.05) is 32.6 Å². The second-order valence-corrected chi connectivity index (χ2v) is 7.20. The summed E-state index contributed by atoms with van der Waals surface area (Å²) in [5.74, 6) is 0.373. The van der Waals surface area contributed by atoms with Gasteiger partial charge in [0.05, 0.1) is 25.3 Å². The van der Waals surface area contributed by atoms with Crippen LogP contribution in [0.4, 0.5) is 5.69 Å². The van der Waals surface area contributed by atoms with Gasteiger partial charge in [0.1, 0.15) is 0 Å². The molecule has 6 nitrogen and oxygen atoms in total. The molecular weight excluding hydrogens is 404 g/mol. The van der Waals surface area contributed by atoms with Crippen LogP contribution in [0.1, 0.15) is 23.6 Å². The van der Waals surface area contributed by atoms with E-state index >= 15 is 0 Å². The fourth-order valence-corrected chi connectivity index (χ4v) is 3.11. The minimum absolute atomic E-state index is 0.0654. The van der Waals surface area contributed by atoms with Gasteiger partial charge in [-0.1, -0.05) is 23.7 Å². The Morgan fingerprint density at radius 3 is 2.63 bits per heavy atom. The Bertz CT molecular complexity index is 956. The first-order valence-electron chi connectivity index (χ1n) is 9.56. The van der Waals surface area contributed by atoms with Crippen LogP contribution in [0.25, 0.3) is 6.08 Å². The van der Waals surface area contributed by atoms with Gasteiger partial charge in [-0.05, 0) is 61.7 Å². The summed E-state index contributed by atoms with van der Waals surface area (Å²) < 4.78 is 10.8. The van der Waals surface area contributed by atoms with Crippen molar-refractivity contribution in [2.45, 2.75) is 20.8 Å². The molecule has 160 valence electrons. The van der Waals surface area contributed by atoms with Crippen LogP contribution in [0.3, 0.4) is 0 Å². The first-order chi connectivity index (χ1) is 14.3. The molecule has 0 spiro atoms. The summed E-state index contributed by atoms with van der Waals surface area (Å²) in [6.07, 6.45) is 3.01. The molecule has 7 heteroatoms. The predicted octanol–water partition coefficient (Wildman–Crippen LogP) is 4.47. The maximum Gasteiger partial charge on any atom is 0.246 e. The maximum absolute atomic E-state index is 12.4. The fraction of sp³-hybridized carbons (Fsp3) is 0.304. The molecule has 1 N–H and O–H groups in total. The third kappa shape index (κ3) is 6.00. The molecule has 0 aliphatic rings. The molecule has 0 bridgehead atoms. The third-order valence-electron chi connectivity index (χ3n) is 4.59. The molecule has 0 heterocycles. The van der Waals surface area contributed by atoms with E-state index in [-0.39, 0.29) is 18.4 Å². The van der Waals surface area contributed by atoms with Gasteiger partial charge in [-0.2, -0.15) is 0 Å². The molecule has 0 saturated carbocycles. The number of nitrogens with one attached hydrogen (secondary N) is 1. The number of hydrogen-bond acceptors (Lipinski definition) is 4. The van der Waals surface area contributed by atoms with Gasteiger partial charge in [-0.15, -0.1) is 0 Å². The second kappa shape index (κ2) is 10.7. The van der Waals surface area contributed by atoms with E-state index in [1.165, 1.54) is 18.1 Å². The molecule has 0 unspecified atom stereocenters. The van der Waals surface area contributed by atoms with Crippen LogP contribution >= 0.6 is 11.6 Å². The van der Waals surface area contributed by atoms with E-state index < -0.39 is 0 Å². The largest absolute Gasteiger partial charge is 0.491 e. The van der Waals surface area contributed by atoms with E-state index in [1.54, 1.807) is 25.3 Å². The van der Waals surface area contributed by atoms with Crippen molar-refractivity contribution < 1.29 is 19.1 Å². The summed E-state index contributed by atoms with van der Waals surface area (Å²) >= 11 is 6.23. The minimum Gasteiger partial charge on any atom is -0.491 e. The van der Waals surface area contributed by atoms with Crippen LogP contribution in [-0.4, -0.2) is 44.0 Å². The smallest absolute Gasteiger partial charge is 0.246 e. The van der Waals surface area contributed by atoms with Crippen molar-refractivity contribution in [1.29, 1.82) is 0 Å². The summed E-state index contributed by atoms with van der Waals surface area (Å²) in [4.78, 5) is 26.1. The number of hydrogen-bond donors (Lipinski definition) is 1. The summed E-state index contributed by atoms with van der Waals surface area (Å²) in [6, 6.07) is 9.12. The lowest BCUT2D eigenvalue weighted by Crippen LogP contribution is -2.34. The average molecular weight is 431 g/mol. The fourth-order valence-electron chi connectivity index (χ4n) is 2.81. The Balaban J connectivity index is 2.03. The molecule has 0 atom stereocenters. The van der Waals surface area contributed by atoms with Gasteiger partial charge in [0.15, 0.2) is 11.5 Å². The number of likely N-dealkylation sites (N-methyl/N-ethyl adjacent to an activating group) is 1. The van der Waals surface area contributed by atoms with Crippen LogP contribution < -0.4 is 14.8 Å². The van der Waals surface area contributed by atoms with Gasteiger partial charge in [0, 0.05) is 18.8 Å². The van der Waals surface area contributed by atoms with Crippen LogP contribution in [0, 0.1) is 13.8 Å². The average Bonchev–Trinajstić information content (AvgIpc) is 2.69. The summed E-state index contributed by atoms with van der Waals surface area (Å²) in [6.45, 7) is 6.17. The number of carbonyl (C=O) groups excluding carboxylic acids is 2. The summed E-state index contributed by atoms with van der Waals surface area (Å²) in [5, 5.41) is 3.23. The number of halogens is 1. The van der Waals surface area contributed by atoms with E-state index in [0.29, 0.717) is 28.7 Å². The molecule has 0 aliphatic carbocycles. The molecule has 2 aromatic carbocycles. The van der Waals surface area contributed by atoms with Gasteiger partial charge in [0.25, 0.3) is 0 Å². The number of nitrogens with zero attached hydrogens (tertiary/aromatic N) is 1. The number of rotatable bonds is 8. The second-order valence-electron chi connectivity index (χ2n) is 6.79. The minimum atomic E-state index is -0.309. The lowest BCUT2D eigenvalue weighted by atomic mass is 10.1. The molecule has 0 aliphatic heterocycles. The van der Waals surface area contributed by atoms with E-state index in [2.05, 4.69) is 5.32 Å². The van der Waals surface area contributed by atoms with Gasteiger partial charge >= 0.3 is 0 Å². The summed E-state index contributed by atoms with van der Waals surface area (Å²) in [5.41, 5.74) is 3.52. The van der Waals surface area contributed by atoms with Crippen molar-refractivity contribution >= 4 is 35.2 Å². The highest BCUT2D eigenvalue weighted by Crippen LogP contribution is 2.36. The molecule has 2 amide bonds. The van der Waals surface area contributed by atoms with Crippen molar-refractivity contribution in [3.05, 3.63) is 58.1 Å². The Morgan fingerprint density at radius 2 is 1.97 bits per heavy atom. The first-order valence-corrected chi connectivity index (χ1v) is 9.94. The topological polar surface area (TPSA) is 67.9 Å². The quantitative estimate of drug-likeness (QED) is 0.627. The Labute approximate surface area is 182 Å². The van der Waals surface area contributed by atoms with Gasteiger partial charge in [-0.25, -0.2) is 0 Å². The lowest BCUT2D eigenvalue weighted by molar-refractivity contribution is -0.129. The Hall–Kier alpha value is -2.99. The van der Waals surface area contributed by atoms with E-state index in [0.717, 1.165) is 16.8 Å². The molecule has 2 rings (SSSR count). The molecule has 0 fully saturated rings. The number of methoxy groups -OCH3 is 1. The highest BCUT2D eigenvalue weighted by atomic mass is 35.5. The Morgan fingerprint density at radius 1 is 1.23 bits per heavy atom. The highest BCUT2D eigenvalue weighted by molar-refractivity contribution is 6.32. The van der Waals surface area contributed by atoms with Crippen LogP contribution in [0.15, 0.2) is 36.4 Å². The van der Waals surface area contributed by atoms with Crippen molar-refractivity contribution in [3.63, 3.8) is 0 Å². The SMILES string of the molecule is CCOc1cc(/C=C/C(=O)N(C)CC(=O)Nc2cccc(C)c2C)cc(Cl)c1OC. The van der Waals surface area contributed by atoms with Gasteiger partial charge in [-0.3, -0.25) is 9.59 Å². The van der Waals surface area contributed by atoms with Gasteiger partial charge < -0.3 is 19.7 Å². The molecule has 0 radical (unpaired) electrons. The van der Waals surface area contributed by atoms with Crippen LogP contribution in [0.2, 0.25) is 5.02 Å². The predicted molar refractivity (Wildman–Crippen MR) is 120 cm³/mol. The maximum atomic E-state index is 12.4. The van der Waals surface area contributed by atoms with Crippen LogP contribution in [0.5, 0.6) is 11.5 Å². The normalized spacial score (nSPS) is 10.7. The third-order valence-corrected chi connectivity index (χ3v) is 4.87. The number of benzene rings is 2. The highest BCUT2D eigenvalue weighted by Gasteiger charge is 2.13. The number of aryl methyl sites for hydroxylation is 1. The Kier molecular flexibility index (Phi) is 8.30. The molecule has 0 saturated heterocycles. The van der Waals surface area contributed by atoms with E-state index in [9.17, 15) is 9.59 Å². The standard InChI is InChI=1S/C23H27ClN2O4/c1-6-30-20-13-17(12-18(24)23(20)29-5)10-11-22(28)26(4)14-21(27)25-19-9-7-8-15(2)16(19)3/h7-13H,6,14H2,1-5H3,(H,25,27)/b11-10+. The van der Waals surface area contributed by atoms with E-state index in [4.69, 9.17) is 21.1 Å². The molecule has 30 heavy (non-hydrogen) atoms. The molecular formula is C23H27ClN2O4. The van der Waals surface area contributed by atoms with Crippen molar-refractivity contribution in [3.8, 4) is 11.5 Å². The zero-order valence-electron chi connectivity index (χ0n) is 17.9. The first kappa shape index (κ1) is 23.3.